The summed E-state index contributed by atoms with van der Waals surface area (Å²) in [5, 5.41) is 22.0. The smallest absolute Gasteiger partial charge is 0.336 e. The Balaban J connectivity index is 1.74. The van der Waals surface area contributed by atoms with Crippen LogP contribution in [0.3, 0.4) is 0 Å². The number of dihydropyridines is 1. The summed E-state index contributed by atoms with van der Waals surface area (Å²) >= 11 is 0. The molecule has 296 valence electrons. The number of aliphatic imine (C=N–C) groups is 1. The Morgan fingerprint density at radius 3 is 2.40 bits per heavy atom. The Labute approximate surface area is 316 Å². The van der Waals surface area contributed by atoms with Crippen LogP contribution in [0.2, 0.25) is 51.4 Å². The first-order valence-electron chi connectivity index (χ1n) is 18.7. The minimum Gasteiger partial charge on any atom is -0.479 e. The number of methoxy groups -OCH3 is 2. The van der Waals surface area contributed by atoms with Crippen LogP contribution in [0.25, 0.3) is 5.65 Å². The average molecular weight is 775 g/mol. The van der Waals surface area contributed by atoms with Gasteiger partial charge in [-0.05, 0) is 50.4 Å². The molecule has 1 aliphatic heterocycles. The summed E-state index contributed by atoms with van der Waals surface area (Å²) in [6, 6.07) is 5.76. The van der Waals surface area contributed by atoms with Gasteiger partial charge in [0.25, 0.3) is 0 Å². The van der Waals surface area contributed by atoms with E-state index in [2.05, 4.69) is 55.0 Å². The topological polar surface area (TPSA) is 167 Å². The number of carbonyl (C=O) groups excluding carboxylic acids is 1. The second-order valence-electron chi connectivity index (χ2n) is 16.6. The highest BCUT2D eigenvalue weighted by Crippen LogP contribution is 2.47. The van der Waals surface area contributed by atoms with Crippen LogP contribution >= 0.6 is 0 Å². The van der Waals surface area contributed by atoms with E-state index in [0.717, 1.165) is 24.1 Å². The van der Waals surface area contributed by atoms with Crippen LogP contribution < -0.4 is 10.6 Å². The third-order valence-corrected chi connectivity index (χ3v) is 13.9. The molecular formula is C37H62N6O8Si2. The van der Waals surface area contributed by atoms with Crippen LogP contribution in [-0.2, 0) is 38.7 Å². The van der Waals surface area contributed by atoms with Crippen LogP contribution in [0.4, 0.5) is 0 Å². The molecule has 14 nitrogen and oxygen atoms in total. The molecule has 0 aromatic carbocycles. The van der Waals surface area contributed by atoms with Crippen LogP contribution in [-0.4, -0.2) is 126 Å². The van der Waals surface area contributed by atoms with E-state index >= 15 is 0 Å². The number of aromatic nitrogens is 3. The minimum atomic E-state index is -1.45. The number of carbonyl (C=O) groups is 2. The number of nitrogens with one attached hydrogen (secondary N) is 2. The van der Waals surface area contributed by atoms with E-state index in [1.54, 1.807) is 31.1 Å². The number of rotatable bonds is 22. The molecule has 0 saturated heterocycles. The van der Waals surface area contributed by atoms with E-state index in [4.69, 9.17) is 33.7 Å². The Morgan fingerprint density at radius 2 is 1.77 bits per heavy atom. The first kappa shape index (κ1) is 42.9. The fourth-order valence-corrected chi connectivity index (χ4v) is 8.62. The molecule has 6 atom stereocenters. The van der Waals surface area contributed by atoms with Gasteiger partial charge < -0.3 is 38.9 Å². The van der Waals surface area contributed by atoms with Crippen LogP contribution in [0.15, 0.2) is 35.1 Å². The predicted octanol–water partition coefficient (Wildman–Crippen LogP) is 4.67. The molecule has 3 heterocycles. The summed E-state index contributed by atoms with van der Waals surface area (Å²) in [5.41, 5.74) is -0.359. The van der Waals surface area contributed by atoms with Crippen LogP contribution in [0, 0.1) is 5.92 Å². The lowest BCUT2D eigenvalue weighted by Crippen LogP contribution is -2.56. The lowest BCUT2D eigenvalue weighted by atomic mass is 9.67. The second kappa shape index (κ2) is 18.7. The van der Waals surface area contributed by atoms with Gasteiger partial charge in [0.1, 0.15) is 24.6 Å². The molecule has 2 aromatic rings. The lowest BCUT2D eigenvalue weighted by Gasteiger charge is -2.45. The maximum absolute atomic E-state index is 13.8. The molecule has 0 spiro atoms. The molecule has 3 N–H and O–H groups in total. The molecule has 2 aliphatic rings. The number of fused-ring (bicyclic) bond motifs is 1. The fraction of sp³-hybridized carbons (Fsp3) is 0.703. The summed E-state index contributed by atoms with van der Waals surface area (Å²) in [4.78, 5) is 36.6. The monoisotopic (exact) mass is 774 g/mol. The SMILES string of the molecule is COCCOC1(C(=O)O)CCC(c2cc(C3(C=O)C(NCOCC[Si](C)(C)C)=CC=NC3NCOCC[Si](C)(C)C)n3nccc3n2)CC1C(C)OC. The molecule has 4 rings (SSSR count). The van der Waals surface area contributed by atoms with E-state index in [0.29, 0.717) is 43.1 Å². The number of hydrogen-bond donors (Lipinski definition) is 3. The lowest BCUT2D eigenvalue weighted by molar-refractivity contribution is -0.193. The summed E-state index contributed by atoms with van der Waals surface area (Å²) in [5.74, 6) is -1.67. The molecule has 0 amide bonds. The average Bonchev–Trinajstić information content (AvgIpc) is 3.59. The zero-order valence-electron chi connectivity index (χ0n) is 33.1. The van der Waals surface area contributed by atoms with E-state index in [-0.39, 0.29) is 39.0 Å². The standard InChI is InChI=1S/C37H62N6O8Si2/c1-27(48-3)29-22-28(10-13-37(29,35(45)46)51-17-16-47-2)30-23-32(43-33(42-30)12-15-41-43)36(24-44)31(39-25-49-18-20-52(4,5)6)11-14-38-34(36)40-26-50-19-21-53(7,8)9/h11-12,14-15,23-24,27-29,34,39-40H,10,13,16-22,25-26H2,1-9H3,(H,45,46). The van der Waals surface area contributed by atoms with Gasteiger partial charge in [0.05, 0.1) is 37.9 Å². The predicted molar refractivity (Wildman–Crippen MR) is 210 cm³/mol. The summed E-state index contributed by atoms with van der Waals surface area (Å²) < 4.78 is 30.8. The van der Waals surface area contributed by atoms with E-state index < -0.39 is 51.3 Å². The third kappa shape index (κ3) is 10.5. The van der Waals surface area contributed by atoms with Gasteiger partial charge in [-0.25, -0.2) is 14.3 Å². The summed E-state index contributed by atoms with van der Waals surface area (Å²) in [6.07, 6.45) is 6.10. The van der Waals surface area contributed by atoms with Gasteiger partial charge in [-0.1, -0.05) is 39.3 Å². The second-order valence-corrected chi connectivity index (χ2v) is 27.8. The van der Waals surface area contributed by atoms with Crippen molar-refractivity contribution in [2.45, 2.75) is 107 Å². The van der Waals surface area contributed by atoms with Crippen LogP contribution in [0.1, 0.15) is 43.5 Å². The molecule has 16 heteroatoms. The van der Waals surface area contributed by atoms with Crippen molar-refractivity contribution < 1.29 is 38.4 Å². The number of hydrogen-bond acceptors (Lipinski definition) is 12. The number of aliphatic carboxylic acids is 1. The van der Waals surface area contributed by atoms with E-state index in [1.165, 1.54) is 0 Å². The number of ether oxygens (including phenoxy) is 5. The number of nitrogens with zero attached hydrogens (tertiary/aromatic N) is 4. The Hall–Kier alpha value is -2.84. The van der Waals surface area contributed by atoms with Gasteiger partial charge in [0.2, 0.25) is 0 Å². The van der Waals surface area contributed by atoms with Crippen molar-refractivity contribution in [2.75, 3.05) is 54.1 Å². The van der Waals surface area contributed by atoms with E-state index in [9.17, 15) is 14.7 Å². The number of carboxylic acid groups (broad SMARTS) is 1. The van der Waals surface area contributed by atoms with Crippen molar-refractivity contribution >= 4 is 40.3 Å². The van der Waals surface area contributed by atoms with Gasteiger partial charge >= 0.3 is 5.97 Å². The van der Waals surface area contributed by atoms with Gasteiger partial charge in [0, 0.05) is 79.1 Å². The first-order valence-corrected chi connectivity index (χ1v) is 26.1. The maximum Gasteiger partial charge on any atom is 0.336 e. The van der Waals surface area contributed by atoms with Crippen molar-refractivity contribution in [3.63, 3.8) is 0 Å². The Morgan fingerprint density at radius 1 is 1.08 bits per heavy atom. The number of aldehydes is 1. The van der Waals surface area contributed by atoms with Crippen molar-refractivity contribution in [2.24, 2.45) is 10.9 Å². The molecule has 0 bridgehead atoms. The van der Waals surface area contributed by atoms with Gasteiger partial charge in [-0.2, -0.15) is 5.10 Å². The van der Waals surface area contributed by atoms with Gasteiger partial charge in [-0.3, -0.25) is 10.3 Å². The van der Waals surface area contributed by atoms with Gasteiger partial charge in [-0.15, -0.1) is 0 Å². The molecule has 2 aromatic heterocycles. The normalized spacial score (nSPS) is 25.7. The van der Waals surface area contributed by atoms with E-state index in [1.807, 2.05) is 25.1 Å². The molecule has 1 fully saturated rings. The Bertz CT molecular complexity index is 1580. The zero-order valence-corrected chi connectivity index (χ0v) is 35.1. The van der Waals surface area contributed by atoms with Crippen LogP contribution in [0.5, 0.6) is 0 Å². The fourth-order valence-electron chi connectivity index (χ4n) is 7.10. The summed E-state index contributed by atoms with van der Waals surface area (Å²) in [6.45, 7) is 17.8. The number of carboxylic acids is 1. The zero-order chi connectivity index (χ0) is 38.9. The molecule has 53 heavy (non-hydrogen) atoms. The maximum atomic E-state index is 13.8. The highest BCUT2D eigenvalue weighted by molar-refractivity contribution is 6.76. The van der Waals surface area contributed by atoms with Crippen molar-refractivity contribution in [1.82, 2.24) is 25.2 Å². The first-order chi connectivity index (χ1) is 25.1. The minimum absolute atomic E-state index is 0.146. The quantitative estimate of drug-likeness (QED) is 0.0656. The van der Waals surface area contributed by atoms with Crippen molar-refractivity contribution in [1.29, 1.82) is 0 Å². The largest absolute Gasteiger partial charge is 0.479 e. The molecule has 0 radical (unpaired) electrons. The molecule has 6 unspecified atom stereocenters. The highest BCUT2D eigenvalue weighted by Gasteiger charge is 2.54. The molecule has 1 saturated carbocycles. The number of allylic oxidation sites excluding steroid dienone is 1. The summed E-state index contributed by atoms with van der Waals surface area (Å²) in [7, 11) is 0.532. The molecule has 1 aliphatic carbocycles. The van der Waals surface area contributed by atoms with Crippen molar-refractivity contribution in [3.05, 3.63) is 41.5 Å². The van der Waals surface area contributed by atoms with Gasteiger partial charge in [0.15, 0.2) is 11.2 Å². The Kier molecular flexibility index (Phi) is 15.1. The molecular weight excluding hydrogens is 713 g/mol. The van der Waals surface area contributed by atoms with Crippen molar-refractivity contribution in [3.8, 4) is 0 Å². The third-order valence-electron chi connectivity index (χ3n) is 10.4. The highest BCUT2D eigenvalue weighted by atomic mass is 28.3.